The van der Waals surface area contributed by atoms with Crippen LogP contribution in [0.25, 0.3) is 0 Å². The molecule has 1 aliphatic rings. The van der Waals surface area contributed by atoms with Gasteiger partial charge in [0.1, 0.15) is 12.6 Å². The third-order valence-electron chi connectivity index (χ3n) is 2.59. The van der Waals surface area contributed by atoms with Crippen LogP contribution in [0.1, 0.15) is 12.8 Å². The van der Waals surface area contributed by atoms with Crippen LogP contribution in [0.3, 0.4) is 0 Å². The van der Waals surface area contributed by atoms with E-state index in [9.17, 15) is 23.5 Å². The van der Waals surface area contributed by atoms with Gasteiger partial charge in [-0.1, -0.05) is 0 Å². The third kappa shape index (κ3) is 4.19. The minimum absolute atomic E-state index is 0.0149. The van der Waals surface area contributed by atoms with Crippen molar-refractivity contribution in [2.45, 2.75) is 31.4 Å². The summed E-state index contributed by atoms with van der Waals surface area (Å²) in [4.78, 5) is 23.5. The van der Waals surface area contributed by atoms with Crippen LogP contribution in [0.4, 0.5) is 8.78 Å². The van der Waals surface area contributed by atoms with Crippen molar-refractivity contribution >= 4 is 11.9 Å². The van der Waals surface area contributed by atoms with Crippen molar-refractivity contribution in [3.05, 3.63) is 0 Å². The normalized spacial score (nSPS) is 23.7. The number of carboxylic acid groups (broad SMARTS) is 1. The standard InChI is InChI=1S/C10H15F2NO5/c11-8(12)5-18-2-1-9(15)13-4-6(14)3-7(13)10(16)17/h6-8,14H,1-5H2,(H,16,17)/t6?,7-/m0/s1. The molecular weight excluding hydrogens is 252 g/mol. The number of aliphatic hydroxyl groups excluding tert-OH is 1. The van der Waals surface area contributed by atoms with Gasteiger partial charge in [0.05, 0.1) is 19.1 Å². The van der Waals surface area contributed by atoms with Crippen molar-refractivity contribution in [2.24, 2.45) is 0 Å². The lowest BCUT2D eigenvalue weighted by Crippen LogP contribution is -2.41. The lowest BCUT2D eigenvalue weighted by molar-refractivity contribution is -0.148. The van der Waals surface area contributed by atoms with E-state index in [4.69, 9.17) is 5.11 Å². The van der Waals surface area contributed by atoms with Crippen molar-refractivity contribution < 1.29 is 33.3 Å². The van der Waals surface area contributed by atoms with Crippen LogP contribution < -0.4 is 0 Å². The summed E-state index contributed by atoms with van der Waals surface area (Å²) in [6, 6.07) is -1.05. The Labute approximate surface area is 102 Å². The number of alkyl halides is 2. The molecule has 1 fully saturated rings. The van der Waals surface area contributed by atoms with Gasteiger partial charge in [0.25, 0.3) is 6.43 Å². The predicted molar refractivity (Wildman–Crippen MR) is 55.2 cm³/mol. The molecule has 6 nitrogen and oxygen atoms in total. The Kier molecular flexibility index (Phi) is 5.42. The van der Waals surface area contributed by atoms with Gasteiger partial charge in [0.2, 0.25) is 5.91 Å². The molecule has 1 aliphatic heterocycles. The monoisotopic (exact) mass is 267 g/mol. The summed E-state index contributed by atoms with van der Waals surface area (Å²) in [6.07, 6.45) is -3.65. The average molecular weight is 267 g/mol. The van der Waals surface area contributed by atoms with E-state index in [-0.39, 0.29) is 26.0 Å². The maximum Gasteiger partial charge on any atom is 0.326 e. The molecule has 1 amide bonds. The van der Waals surface area contributed by atoms with Gasteiger partial charge in [0, 0.05) is 13.0 Å². The fourth-order valence-corrected chi connectivity index (χ4v) is 1.80. The zero-order chi connectivity index (χ0) is 13.7. The van der Waals surface area contributed by atoms with Crippen molar-refractivity contribution in [3.8, 4) is 0 Å². The molecule has 8 heteroatoms. The number of nitrogens with zero attached hydrogens (tertiary/aromatic N) is 1. The SMILES string of the molecule is O=C(O)[C@@H]1CC(O)CN1C(=O)CCOCC(F)F. The van der Waals surface area contributed by atoms with Crippen molar-refractivity contribution in [3.63, 3.8) is 0 Å². The molecule has 0 aromatic rings. The molecule has 104 valence electrons. The summed E-state index contributed by atoms with van der Waals surface area (Å²) in [5, 5.41) is 18.2. The Morgan fingerprint density at radius 1 is 1.44 bits per heavy atom. The van der Waals surface area contributed by atoms with E-state index in [1.165, 1.54) is 0 Å². The molecule has 1 saturated heterocycles. The van der Waals surface area contributed by atoms with Crippen LogP contribution >= 0.6 is 0 Å². The van der Waals surface area contributed by atoms with Gasteiger partial charge < -0.3 is 19.8 Å². The Morgan fingerprint density at radius 3 is 2.67 bits per heavy atom. The first kappa shape index (κ1) is 14.8. The number of carbonyl (C=O) groups excluding carboxylic acids is 1. The smallest absolute Gasteiger partial charge is 0.326 e. The Morgan fingerprint density at radius 2 is 2.11 bits per heavy atom. The number of hydrogen-bond acceptors (Lipinski definition) is 4. The molecule has 1 rings (SSSR count). The Bertz CT molecular complexity index is 313. The number of aliphatic hydroxyl groups is 1. The van der Waals surface area contributed by atoms with Gasteiger partial charge >= 0.3 is 5.97 Å². The van der Waals surface area contributed by atoms with Crippen LogP contribution in [-0.4, -0.2) is 65.3 Å². The number of carbonyl (C=O) groups is 2. The predicted octanol–water partition coefficient (Wildman–Crippen LogP) is -0.295. The highest BCUT2D eigenvalue weighted by Crippen LogP contribution is 2.19. The second-order valence-electron chi connectivity index (χ2n) is 4.01. The van der Waals surface area contributed by atoms with Gasteiger partial charge in [-0.05, 0) is 0 Å². The van der Waals surface area contributed by atoms with E-state index in [1.54, 1.807) is 0 Å². The van der Waals surface area contributed by atoms with Crippen molar-refractivity contribution in [1.29, 1.82) is 0 Å². The van der Waals surface area contributed by atoms with Gasteiger partial charge in [0.15, 0.2) is 0 Å². The fraction of sp³-hybridized carbons (Fsp3) is 0.800. The molecule has 0 saturated carbocycles. The summed E-state index contributed by atoms with van der Waals surface area (Å²) in [5.74, 6) is -1.71. The van der Waals surface area contributed by atoms with Crippen LogP contribution in [0.15, 0.2) is 0 Å². The average Bonchev–Trinajstić information content (AvgIpc) is 2.66. The molecular formula is C10H15F2NO5. The minimum atomic E-state index is -2.60. The Hall–Kier alpha value is -1.28. The minimum Gasteiger partial charge on any atom is -0.480 e. The molecule has 0 aromatic carbocycles. The first-order valence-corrected chi connectivity index (χ1v) is 5.48. The first-order chi connectivity index (χ1) is 8.41. The first-order valence-electron chi connectivity index (χ1n) is 5.48. The van der Waals surface area contributed by atoms with Crippen molar-refractivity contribution in [2.75, 3.05) is 19.8 Å². The molecule has 0 radical (unpaired) electrons. The van der Waals surface area contributed by atoms with Gasteiger partial charge in [-0.2, -0.15) is 0 Å². The molecule has 2 atom stereocenters. The number of amides is 1. The number of ether oxygens (including phenoxy) is 1. The van der Waals surface area contributed by atoms with Crippen LogP contribution in [-0.2, 0) is 14.3 Å². The topological polar surface area (TPSA) is 87.1 Å². The van der Waals surface area contributed by atoms with E-state index in [0.29, 0.717) is 0 Å². The summed E-state index contributed by atoms with van der Waals surface area (Å²) < 4.78 is 28.0. The highest BCUT2D eigenvalue weighted by Gasteiger charge is 2.38. The molecule has 0 bridgehead atoms. The summed E-state index contributed by atoms with van der Waals surface area (Å²) >= 11 is 0. The number of β-amino-alcohol motifs (C(OH)–C–C–N with tert-alkyl or cyclic N) is 1. The number of carboxylic acids is 1. The van der Waals surface area contributed by atoms with Gasteiger partial charge in [-0.3, -0.25) is 4.79 Å². The van der Waals surface area contributed by atoms with E-state index >= 15 is 0 Å². The number of halogens is 2. The summed E-state index contributed by atoms with van der Waals surface area (Å²) in [7, 11) is 0. The molecule has 0 spiro atoms. The number of likely N-dealkylation sites (tertiary alicyclic amines) is 1. The van der Waals surface area contributed by atoms with E-state index in [2.05, 4.69) is 4.74 Å². The molecule has 0 aliphatic carbocycles. The summed E-state index contributed by atoms with van der Waals surface area (Å²) in [6.45, 7) is -0.995. The molecule has 1 unspecified atom stereocenters. The third-order valence-corrected chi connectivity index (χ3v) is 2.59. The quantitative estimate of drug-likeness (QED) is 0.645. The van der Waals surface area contributed by atoms with Crippen LogP contribution in [0.5, 0.6) is 0 Å². The number of aliphatic carboxylic acids is 1. The molecule has 18 heavy (non-hydrogen) atoms. The van der Waals surface area contributed by atoms with E-state index < -0.39 is 37.1 Å². The summed E-state index contributed by atoms with van der Waals surface area (Å²) in [5.41, 5.74) is 0. The lowest BCUT2D eigenvalue weighted by Gasteiger charge is -2.21. The second-order valence-corrected chi connectivity index (χ2v) is 4.01. The second kappa shape index (κ2) is 6.60. The number of rotatable bonds is 6. The van der Waals surface area contributed by atoms with Crippen LogP contribution in [0.2, 0.25) is 0 Å². The van der Waals surface area contributed by atoms with Crippen LogP contribution in [0, 0.1) is 0 Å². The fourth-order valence-electron chi connectivity index (χ4n) is 1.80. The maximum absolute atomic E-state index is 11.7. The highest BCUT2D eigenvalue weighted by atomic mass is 19.3. The molecule has 0 aromatic heterocycles. The zero-order valence-corrected chi connectivity index (χ0v) is 9.59. The lowest BCUT2D eigenvalue weighted by atomic mass is 10.2. The number of hydrogen-bond donors (Lipinski definition) is 2. The van der Waals surface area contributed by atoms with E-state index in [1.807, 2.05) is 0 Å². The molecule has 2 N–H and O–H groups in total. The van der Waals surface area contributed by atoms with Crippen molar-refractivity contribution in [1.82, 2.24) is 4.90 Å². The largest absolute Gasteiger partial charge is 0.480 e. The Balaban J connectivity index is 2.38. The van der Waals surface area contributed by atoms with Gasteiger partial charge in [-0.15, -0.1) is 0 Å². The maximum atomic E-state index is 11.7. The van der Waals surface area contributed by atoms with E-state index in [0.717, 1.165) is 4.90 Å². The highest BCUT2D eigenvalue weighted by molar-refractivity contribution is 5.84. The zero-order valence-electron chi connectivity index (χ0n) is 9.59. The molecule has 1 heterocycles. The van der Waals surface area contributed by atoms with Gasteiger partial charge in [-0.25, -0.2) is 13.6 Å².